The lowest BCUT2D eigenvalue weighted by molar-refractivity contribution is 0.576. The normalized spacial score (nSPS) is 25.8. The first-order valence-electron chi connectivity index (χ1n) is 19.8. The second kappa shape index (κ2) is 12.2. The molecule has 270 valence electrons. The van der Waals surface area contributed by atoms with Gasteiger partial charge in [0.05, 0.1) is 5.69 Å². The third kappa shape index (κ3) is 4.86. The Labute approximate surface area is 327 Å². The summed E-state index contributed by atoms with van der Waals surface area (Å²) in [5, 5.41) is 1.38. The predicted octanol–water partition coefficient (Wildman–Crippen LogP) is 12.5. The molecule has 0 amide bonds. The zero-order chi connectivity index (χ0) is 37.0. The van der Waals surface area contributed by atoms with Gasteiger partial charge in [-0.3, -0.25) is 4.90 Å². The van der Waals surface area contributed by atoms with E-state index in [2.05, 4.69) is 159 Å². The van der Waals surface area contributed by atoms with E-state index in [1.807, 2.05) is 17.4 Å². The number of rotatable bonds is 4. The lowest BCUT2D eigenvalue weighted by atomic mass is 9.75. The summed E-state index contributed by atoms with van der Waals surface area (Å²) in [7, 11) is 0. The Hall–Kier alpha value is -5.59. The predicted molar refractivity (Wildman–Crippen MR) is 228 cm³/mol. The topological polar surface area (TPSA) is 45.2 Å². The monoisotopic (exact) mass is 733 g/mol. The van der Waals surface area contributed by atoms with Gasteiger partial charge in [0.15, 0.2) is 11.6 Å². The Morgan fingerprint density at radius 1 is 0.800 bits per heavy atom. The number of para-hydroxylation sites is 1. The molecule has 3 aromatic carbocycles. The highest BCUT2D eigenvalue weighted by atomic mass is 32.1. The van der Waals surface area contributed by atoms with Crippen LogP contribution in [0.3, 0.4) is 0 Å². The summed E-state index contributed by atoms with van der Waals surface area (Å²) in [6.45, 7) is 9.45. The maximum atomic E-state index is 5.33. The fraction of sp³-hybridized carbons (Fsp3) is 0.245. The molecular weight excluding hydrogens is 691 g/mol. The molecule has 11 rings (SSSR count). The number of hydrogen-bond acceptors (Lipinski definition) is 6. The van der Waals surface area contributed by atoms with Gasteiger partial charge in [0, 0.05) is 54.8 Å². The van der Waals surface area contributed by atoms with Crippen molar-refractivity contribution in [3.8, 4) is 11.4 Å². The maximum absolute atomic E-state index is 5.33. The standard InChI is InChI=1S/C49H43N5S/c1-29-15-14-19-33(25-29)53-38-22-11-10-21-35(38)44-31(3)45-36-26-37-39(27-41(36)55-42(45)28-40(44)53)54(43-23-12-13-24-49(37,43)4)48-51-46(32-17-6-5-7-18-32)50-47(52-48)34-20-9-8-16-30(34)2/h5-14,17-23,25-31,44H,15-16,24H2,1-4H3. The molecule has 4 aliphatic carbocycles. The average Bonchev–Trinajstić information content (AvgIpc) is 3.82. The van der Waals surface area contributed by atoms with Crippen LogP contribution in [-0.4, -0.2) is 15.0 Å². The van der Waals surface area contributed by atoms with Gasteiger partial charge in [0.2, 0.25) is 5.95 Å². The molecular formula is C49H43N5S. The maximum Gasteiger partial charge on any atom is 0.238 e. The SMILES string of the molecule is CC1C=C(N2C3=Cc4sc5cc6c(cc5c4C(C)C3c3ccccc32)C2(C)CC=CC=C2N6c2nc(C3=CC=CCC3C)nc(-c3ccccc3)n2)C=CC1. The largest absolute Gasteiger partial charge is 0.314 e. The number of thiophene rings is 1. The minimum Gasteiger partial charge on any atom is -0.314 e. The fourth-order valence-corrected chi connectivity index (χ4v) is 11.3. The smallest absolute Gasteiger partial charge is 0.238 e. The highest BCUT2D eigenvalue weighted by Gasteiger charge is 2.47. The Kier molecular flexibility index (Phi) is 7.28. The molecule has 5 aromatic rings. The molecule has 5 atom stereocenters. The lowest BCUT2D eigenvalue weighted by Crippen LogP contribution is -2.28. The van der Waals surface area contributed by atoms with Crippen molar-refractivity contribution in [1.29, 1.82) is 0 Å². The van der Waals surface area contributed by atoms with Crippen LogP contribution < -0.4 is 9.80 Å². The molecule has 0 radical (unpaired) electrons. The van der Waals surface area contributed by atoms with Gasteiger partial charge in [-0.2, -0.15) is 9.97 Å². The van der Waals surface area contributed by atoms with E-state index in [1.54, 1.807) is 0 Å². The van der Waals surface area contributed by atoms with E-state index in [9.17, 15) is 0 Å². The summed E-state index contributed by atoms with van der Waals surface area (Å²) < 4.78 is 1.31. The molecule has 0 saturated carbocycles. The molecule has 5 unspecified atom stereocenters. The first-order chi connectivity index (χ1) is 26.9. The summed E-state index contributed by atoms with van der Waals surface area (Å²) in [5.41, 5.74) is 12.6. The number of fused-ring (bicyclic) bond motifs is 9. The molecule has 4 heterocycles. The van der Waals surface area contributed by atoms with Crippen molar-refractivity contribution < 1.29 is 0 Å². The van der Waals surface area contributed by atoms with E-state index in [0.29, 0.717) is 35.4 Å². The van der Waals surface area contributed by atoms with Gasteiger partial charge in [0.25, 0.3) is 0 Å². The molecule has 0 bridgehead atoms. The van der Waals surface area contributed by atoms with Crippen LogP contribution in [0, 0.1) is 11.8 Å². The number of allylic oxidation sites excluding steroid dienone is 12. The molecule has 5 nitrogen and oxygen atoms in total. The van der Waals surface area contributed by atoms with Gasteiger partial charge < -0.3 is 4.90 Å². The van der Waals surface area contributed by atoms with Crippen molar-refractivity contribution in [2.75, 3.05) is 9.80 Å². The second-order valence-electron chi connectivity index (χ2n) is 16.4. The molecule has 0 spiro atoms. The first kappa shape index (κ1) is 32.8. The van der Waals surface area contributed by atoms with Crippen LogP contribution in [0.4, 0.5) is 17.3 Å². The van der Waals surface area contributed by atoms with Crippen molar-refractivity contribution >= 4 is 50.4 Å². The summed E-state index contributed by atoms with van der Waals surface area (Å²) in [4.78, 5) is 22.0. The molecule has 0 fully saturated rings. The number of hydrogen-bond donors (Lipinski definition) is 0. The van der Waals surface area contributed by atoms with Crippen LogP contribution in [0.25, 0.3) is 33.1 Å². The molecule has 0 N–H and O–H groups in total. The third-order valence-corrected chi connectivity index (χ3v) is 13.9. The molecule has 2 aliphatic heterocycles. The summed E-state index contributed by atoms with van der Waals surface area (Å²) in [6, 6.07) is 24.4. The zero-order valence-electron chi connectivity index (χ0n) is 31.7. The Morgan fingerprint density at radius 2 is 1.62 bits per heavy atom. The molecule has 55 heavy (non-hydrogen) atoms. The van der Waals surface area contributed by atoms with Gasteiger partial charge in [0.1, 0.15) is 0 Å². The number of benzene rings is 3. The van der Waals surface area contributed by atoms with Crippen LogP contribution in [0.5, 0.6) is 0 Å². The van der Waals surface area contributed by atoms with Gasteiger partial charge in [-0.25, -0.2) is 4.98 Å². The summed E-state index contributed by atoms with van der Waals surface area (Å²) in [6.07, 6.45) is 26.0. The van der Waals surface area contributed by atoms with E-state index in [0.717, 1.165) is 36.2 Å². The van der Waals surface area contributed by atoms with Crippen LogP contribution in [0.1, 0.15) is 86.2 Å². The van der Waals surface area contributed by atoms with Gasteiger partial charge in [-0.15, -0.1) is 11.3 Å². The van der Waals surface area contributed by atoms with Crippen molar-refractivity contribution in [3.05, 3.63) is 166 Å². The van der Waals surface area contributed by atoms with E-state index in [1.165, 1.54) is 60.1 Å². The minimum atomic E-state index is -0.223. The number of aromatic nitrogens is 3. The van der Waals surface area contributed by atoms with Crippen molar-refractivity contribution in [2.24, 2.45) is 11.8 Å². The number of anilines is 3. The average molecular weight is 734 g/mol. The molecule has 0 saturated heterocycles. The minimum absolute atomic E-state index is 0.223. The fourth-order valence-electron chi connectivity index (χ4n) is 10.0. The quantitative estimate of drug-likeness (QED) is 0.184. The van der Waals surface area contributed by atoms with Crippen molar-refractivity contribution in [3.63, 3.8) is 0 Å². The van der Waals surface area contributed by atoms with Gasteiger partial charge in [-0.1, -0.05) is 112 Å². The summed E-state index contributed by atoms with van der Waals surface area (Å²) >= 11 is 1.93. The van der Waals surface area contributed by atoms with E-state index in [4.69, 9.17) is 15.0 Å². The Morgan fingerprint density at radius 3 is 2.47 bits per heavy atom. The molecule has 2 aromatic heterocycles. The third-order valence-electron chi connectivity index (χ3n) is 12.8. The Balaban J connectivity index is 1.10. The van der Waals surface area contributed by atoms with Gasteiger partial charge >= 0.3 is 0 Å². The zero-order valence-corrected chi connectivity index (χ0v) is 32.5. The lowest BCUT2D eigenvalue weighted by Gasteiger charge is -2.32. The molecule has 6 aliphatic rings. The number of nitrogens with zero attached hydrogens (tertiary/aromatic N) is 5. The van der Waals surface area contributed by atoms with E-state index >= 15 is 0 Å². The summed E-state index contributed by atoms with van der Waals surface area (Å²) in [5.74, 6) is 3.60. The van der Waals surface area contributed by atoms with E-state index < -0.39 is 0 Å². The van der Waals surface area contributed by atoms with Crippen LogP contribution in [0.15, 0.2) is 139 Å². The second-order valence-corrected chi connectivity index (χ2v) is 17.5. The van der Waals surface area contributed by atoms with E-state index in [-0.39, 0.29) is 5.41 Å². The highest BCUT2D eigenvalue weighted by Crippen LogP contribution is 2.60. The highest BCUT2D eigenvalue weighted by molar-refractivity contribution is 7.20. The van der Waals surface area contributed by atoms with Crippen LogP contribution in [-0.2, 0) is 5.41 Å². The van der Waals surface area contributed by atoms with Crippen LogP contribution in [0.2, 0.25) is 0 Å². The Bertz CT molecular complexity index is 2670. The van der Waals surface area contributed by atoms with Crippen molar-refractivity contribution in [1.82, 2.24) is 15.0 Å². The van der Waals surface area contributed by atoms with Crippen molar-refractivity contribution in [2.45, 2.75) is 64.2 Å². The van der Waals surface area contributed by atoms with Gasteiger partial charge in [-0.05, 0) is 102 Å². The first-order valence-corrected chi connectivity index (χ1v) is 20.6. The molecule has 6 heteroatoms. The van der Waals surface area contributed by atoms with Crippen LogP contribution >= 0.6 is 11.3 Å².